The van der Waals surface area contributed by atoms with Gasteiger partial charge in [-0.3, -0.25) is 14.5 Å². The molecule has 2 aliphatic heterocycles. The Bertz CT molecular complexity index is 400. The van der Waals surface area contributed by atoms with Gasteiger partial charge in [0.05, 0.1) is 0 Å². The third-order valence-electron chi connectivity index (χ3n) is 4.24. The van der Waals surface area contributed by atoms with Gasteiger partial charge in [-0.2, -0.15) is 0 Å². The SMILES string of the molecule is C=C(C)CN1CCN(C(=O)CCN2CCCCC2=O)CC1. The first-order valence-electron chi connectivity index (χ1n) is 7.98. The van der Waals surface area contributed by atoms with Gasteiger partial charge in [-0.15, -0.1) is 0 Å². The predicted molar refractivity (Wildman–Crippen MR) is 82.9 cm³/mol. The Morgan fingerprint density at radius 2 is 1.86 bits per heavy atom. The van der Waals surface area contributed by atoms with Crippen molar-refractivity contribution in [2.75, 3.05) is 45.8 Å². The molecule has 0 aromatic heterocycles. The molecule has 0 atom stereocenters. The van der Waals surface area contributed by atoms with Gasteiger partial charge in [0.25, 0.3) is 0 Å². The van der Waals surface area contributed by atoms with E-state index in [9.17, 15) is 9.59 Å². The van der Waals surface area contributed by atoms with Crippen LogP contribution in [0.4, 0.5) is 0 Å². The number of rotatable bonds is 5. The van der Waals surface area contributed by atoms with Crippen molar-refractivity contribution in [1.82, 2.24) is 14.7 Å². The van der Waals surface area contributed by atoms with E-state index in [4.69, 9.17) is 0 Å². The summed E-state index contributed by atoms with van der Waals surface area (Å²) in [4.78, 5) is 30.1. The number of carbonyl (C=O) groups is 2. The lowest BCUT2D eigenvalue weighted by molar-refractivity contribution is -0.136. The summed E-state index contributed by atoms with van der Waals surface area (Å²) >= 11 is 0. The minimum atomic E-state index is 0.184. The van der Waals surface area contributed by atoms with Gasteiger partial charge < -0.3 is 9.80 Å². The van der Waals surface area contributed by atoms with E-state index in [1.54, 1.807) is 0 Å². The molecule has 2 fully saturated rings. The van der Waals surface area contributed by atoms with Crippen molar-refractivity contribution in [3.63, 3.8) is 0 Å². The highest BCUT2D eigenvalue weighted by atomic mass is 16.2. The van der Waals surface area contributed by atoms with Crippen LogP contribution in [0.15, 0.2) is 12.2 Å². The van der Waals surface area contributed by atoms with E-state index in [0.717, 1.165) is 52.1 Å². The second kappa shape index (κ2) is 7.59. The summed E-state index contributed by atoms with van der Waals surface area (Å²) in [5.74, 6) is 0.392. The summed E-state index contributed by atoms with van der Waals surface area (Å²) < 4.78 is 0. The van der Waals surface area contributed by atoms with Crippen LogP contribution < -0.4 is 0 Å². The third kappa shape index (κ3) is 4.84. The minimum absolute atomic E-state index is 0.184. The monoisotopic (exact) mass is 293 g/mol. The topological polar surface area (TPSA) is 43.9 Å². The lowest BCUT2D eigenvalue weighted by Crippen LogP contribution is -2.49. The maximum Gasteiger partial charge on any atom is 0.224 e. The number of nitrogens with zero attached hydrogens (tertiary/aromatic N) is 3. The van der Waals surface area contributed by atoms with Gasteiger partial charge in [0.15, 0.2) is 0 Å². The zero-order valence-corrected chi connectivity index (χ0v) is 13.1. The average molecular weight is 293 g/mol. The molecule has 0 aliphatic carbocycles. The molecule has 2 heterocycles. The van der Waals surface area contributed by atoms with Crippen LogP contribution in [0, 0.1) is 0 Å². The normalized spacial score (nSPS) is 20.7. The van der Waals surface area contributed by atoms with Gasteiger partial charge in [0.2, 0.25) is 11.8 Å². The van der Waals surface area contributed by atoms with Gasteiger partial charge in [-0.25, -0.2) is 0 Å². The van der Waals surface area contributed by atoms with Crippen molar-refractivity contribution in [3.8, 4) is 0 Å². The summed E-state index contributed by atoms with van der Waals surface area (Å²) in [5, 5.41) is 0. The Labute approximate surface area is 127 Å². The number of piperazine rings is 1. The van der Waals surface area contributed by atoms with Crippen LogP contribution in [0.3, 0.4) is 0 Å². The van der Waals surface area contributed by atoms with Crippen LogP contribution in [0.1, 0.15) is 32.6 Å². The zero-order chi connectivity index (χ0) is 15.2. The lowest BCUT2D eigenvalue weighted by Gasteiger charge is -2.35. The molecule has 5 heteroatoms. The van der Waals surface area contributed by atoms with E-state index < -0.39 is 0 Å². The summed E-state index contributed by atoms with van der Waals surface area (Å²) in [7, 11) is 0. The van der Waals surface area contributed by atoms with Crippen molar-refractivity contribution in [1.29, 1.82) is 0 Å². The molecule has 0 N–H and O–H groups in total. The molecule has 2 rings (SSSR count). The van der Waals surface area contributed by atoms with E-state index in [1.165, 1.54) is 5.57 Å². The smallest absolute Gasteiger partial charge is 0.224 e. The number of hydrogen-bond acceptors (Lipinski definition) is 3. The van der Waals surface area contributed by atoms with Crippen LogP contribution in [0.2, 0.25) is 0 Å². The Morgan fingerprint density at radius 1 is 1.14 bits per heavy atom. The maximum absolute atomic E-state index is 12.2. The van der Waals surface area contributed by atoms with E-state index in [-0.39, 0.29) is 11.8 Å². The molecule has 0 unspecified atom stereocenters. The van der Waals surface area contributed by atoms with Gasteiger partial charge in [-0.05, 0) is 19.8 Å². The van der Waals surface area contributed by atoms with Gasteiger partial charge in [-0.1, -0.05) is 12.2 Å². The van der Waals surface area contributed by atoms with Gasteiger partial charge in [0, 0.05) is 58.7 Å². The number of piperidine rings is 1. The van der Waals surface area contributed by atoms with Crippen molar-refractivity contribution in [3.05, 3.63) is 12.2 Å². The fraction of sp³-hybridized carbons (Fsp3) is 0.750. The van der Waals surface area contributed by atoms with Crippen LogP contribution in [0.5, 0.6) is 0 Å². The Balaban J connectivity index is 1.69. The van der Waals surface area contributed by atoms with Crippen LogP contribution in [-0.4, -0.2) is 72.3 Å². The maximum atomic E-state index is 12.2. The van der Waals surface area contributed by atoms with Crippen molar-refractivity contribution >= 4 is 11.8 Å². The Morgan fingerprint density at radius 3 is 2.48 bits per heavy atom. The van der Waals surface area contributed by atoms with Crippen LogP contribution in [0.25, 0.3) is 0 Å². The number of hydrogen-bond donors (Lipinski definition) is 0. The highest BCUT2D eigenvalue weighted by molar-refractivity contribution is 5.79. The second-order valence-corrected chi connectivity index (χ2v) is 6.20. The Hall–Kier alpha value is -1.36. The second-order valence-electron chi connectivity index (χ2n) is 6.20. The van der Waals surface area contributed by atoms with Gasteiger partial charge >= 0.3 is 0 Å². The molecule has 21 heavy (non-hydrogen) atoms. The summed E-state index contributed by atoms with van der Waals surface area (Å²) in [6.45, 7) is 11.7. The fourth-order valence-electron chi connectivity index (χ4n) is 3.02. The summed E-state index contributed by atoms with van der Waals surface area (Å²) in [6, 6.07) is 0. The minimum Gasteiger partial charge on any atom is -0.342 e. The molecule has 2 aliphatic rings. The van der Waals surface area contributed by atoms with Crippen LogP contribution >= 0.6 is 0 Å². The predicted octanol–water partition coefficient (Wildman–Crippen LogP) is 1.11. The number of carbonyl (C=O) groups excluding carboxylic acids is 2. The molecule has 0 aromatic carbocycles. The number of likely N-dealkylation sites (tertiary alicyclic amines) is 1. The molecule has 5 nitrogen and oxygen atoms in total. The summed E-state index contributed by atoms with van der Waals surface area (Å²) in [5.41, 5.74) is 1.17. The van der Waals surface area contributed by atoms with E-state index in [0.29, 0.717) is 19.4 Å². The van der Waals surface area contributed by atoms with Crippen LogP contribution in [-0.2, 0) is 9.59 Å². The van der Waals surface area contributed by atoms with E-state index in [2.05, 4.69) is 11.5 Å². The van der Waals surface area contributed by atoms with E-state index in [1.807, 2.05) is 16.7 Å². The molecule has 2 amide bonds. The first-order valence-corrected chi connectivity index (χ1v) is 7.98. The Kier molecular flexibility index (Phi) is 5.79. The molecular weight excluding hydrogens is 266 g/mol. The first-order chi connectivity index (χ1) is 10.1. The quantitative estimate of drug-likeness (QED) is 0.713. The third-order valence-corrected chi connectivity index (χ3v) is 4.24. The molecule has 118 valence electrons. The molecule has 2 saturated heterocycles. The van der Waals surface area contributed by atoms with E-state index >= 15 is 0 Å². The highest BCUT2D eigenvalue weighted by Gasteiger charge is 2.23. The highest BCUT2D eigenvalue weighted by Crippen LogP contribution is 2.12. The molecule has 0 bridgehead atoms. The standard InChI is InChI=1S/C16H27N3O2/c1-14(2)13-17-9-11-19(12-10-17)16(21)6-8-18-7-4-3-5-15(18)20/h1,3-13H2,2H3. The molecule has 0 spiro atoms. The average Bonchev–Trinajstić information content (AvgIpc) is 2.46. The lowest BCUT2D eigenvalue weighted by atomic mass is 10.1. The van der Waals surface area contributed by atoms with Crippen molar-refractivity contribution in [2.24, 2.45) is 0 Å². The first kappa shape index (κ1) is 16.0. The van der Waals surface area contributed by atoms with Crippen molar-refractivity contribution in [2.45, 2.75) is 32.6 Å². The molecule has 0 radical (unpaired) electrons. The summed E-state index contributed by atoms with van der Waals surface area (Å²) in [6.07, 6.45) is 3.17. The van der Waals surface area contributed by atoms with Gasteiger partial charge in [0.1, 0.15) is 0 Å². The van der Waals surface area contributed by atoms with Crippen molar-refractivity contribution < 1.29 is 9.59 Å². The fourth-order valence-corrected chi connectivity index (χ4v) is 3.02. The molecule has 0 aromatic rings. The number of amides is 2. The molecular formula is C16H27N3O2. The molecule has 0 saturated carbocycles. The largest absolute Gasteiger partial charge is 0.342 e. The zero-order valence-electron chi connectivity index (χ0n) is 13.1.